The number of rotatable bonds is 4. The Hall–Kier alpha value is -3.99. The van der Waals surface area contributed by atoms with Gasteiger partial charge in [0.05, 0.1) is 5.69 Å². The van der Waals surface area contributed by atoms with Gasteiger partial charge in [0.2, 0.25) is 0 Å². The number of anilines is 1. The van der Waals surface area contributed by atoms with Crippen LogP contribution in [-0.4, -0.2) is 17.8 Å². The van der Waals surface area contributed by atoms with Crippen LogP contribution < -0.4 is 10.2 Å². The molecule has 0 spiro atoms. The van der Waals surface area contributed by atoms with Crippen LogP contribution in [0, 0.1) is 20.8 Å². The van der Waals surface area contributed by atoms with Crippen molar-refractivity contribution in [2.24, 2.45) is 0 Å². The van der Waals surface area contributed by atoms with Crippen LogP contribution in [-0.2, 0) is 16.0 Å². The Bertz CT molecular complexity index is 1240. The van der Waals surface area contributed by atoms with E-state index in [9.17, 15) is 14.4 Å². The van der Waals surface area contributed by atoms with Gasteiger partial charge in [-0.05, 0) is 61.6 Å². The average molecular weight is 425 g/mol. The third-order valence-corrected chi connectivity index (χ3v) is 5.44. The van der Waals surface area contributed by atoms with Crippen molar-refractivity contribution in [1.82, 2.24) is 5.32 Å². The molecular formula is C27H24N2O3. The number of benzene rings is 3. The molecule has 1 aliphatic rings. The molecule has 3 aromatic rings. The van der Waals surface area contributed by atoms with Crippen molar-refractivity contribution >= 4 is 29.6 Å². The summed E-state index contributed by atoms with van der Waals surface area (Å²) >= 11 is 0. The highest BCUT2D eigenvalue weighted by Gasteiger charge is 2.37. The summed E-state index contributed by atoms with van der Waals surface area (Å²) in [5, 5.41) is 2.27. The summed E-state index contributed by atoms with van der Waals surface area (Å²) in [7, 11) is 0. The summed E-state index contributed by atoms with van der Waals surface area (Å²) in [6.45, 7) is 5.98. The quantitative estimate of drug-likeness (QED) is 0.480. The van der Waals surface area contributed by atoms with Gasteiger partial charge in [0.1, 0.15) is 5.57 Å². The topological polar surface area (TPSA) is 66.5 Å². The lowest BCUT2D eigenvalue weighted by molar-refractivity contribution is -0.122. The van der Waals surface area contributed by atoms with Gasteiger partial charge in [0, 0.05) is 0 Å². The van der Waals surface area contributed by atoms with Gasteiger partial charge in [-0.2, -0.15) is 0 Å². The van der Waals surface area contributed by atoms with Crippen LogP contribution in [0.4, 0.5) is 10.5 Å². The minimum Gasteiger partial charge on any atom is -0.273 e. The number of hydrogen-bond acceptors (Lipinski definition) is 3. The molecule has 1 heterocycles. The van der Waals surface area contributed by atoms with Crippen LogP contribution in [0.5, 0.6) is 0 Å². The smallest absolute Gasteiger partial charge is 0.273 e. The maximum atomic E-state index is 13.1. The largest absolute Gasteiger partial charge is 0.335 e. The maximum absolute atomic E-state index is 13.1. The Morgan fingerprint density at radius 1 is 0.812 bits per heavy atom. The fourth-order valence-corrected chi connectivity index (χ4v) is 4.00. The molecule has 3 aromatic carbocycles. The van der Waals surface area contributed by atoms with E-state index in [4.69, 9.17) is 0 Å². The monoisotopic (exact) mass is 424 g/mol. The second kappa shape index (κ2) is 8.63. The minimum atomic E-state index is -0.741. The molecule has 160 valence electrons. The zero-order valence-corrected chi connectivity index (χ0v) is 18.3. The Labute approximate surface area is 187 Å². The third-order valence-electron chi connectivity index (χ3n) is 5.44. The minimum absolute atomic E-state index is 0.0742. The summed E-state index contributed by atoms with van der Waals surface area (Å²) < 4.78 is 0. The fourth-order valence-electron chi connectivity index (χ4n) is 4.00. The summed E-state index contributed by atoms with van der Waals surface area (Å²) in [6.07, 6.45) is 2.32. The zero-order valence-electron chi connectivity index (χ0n) is 18.3. The maximum Gasteiger partial charge on any atom is 0.335 e. The number of imide groups is 2. The van der Waals surface area contributed by atoms with Gasteiger partial charge in [0.15, 0.2) is 0 Å². The number of aryl methyl sites for hydroxylation is 3. The Morgan fingerprint density at radius 2 is 1.47 bits per heavy atom. The number of amides is 4. The van der Waals surface area contributed by atoms with Gasteiger partial charge in [-0.25, -0.2) is 9.69 Å². The predicted molar refractivity (Wildman–Crippen MR) is 125 cm³/mol. The van der Waals surface area contributed by atoms with E-state index >= 15 is 0 Å². The van der Waals surface area contributed by atoms with Crippen molar-refractivity contribution in [3.63, 3.8) is 0 Å². The molecule has 1 N–H and O–H groups in total. The van der Waals surface area contributed by atoms with Crippen molar-refractivity contribution in [2.45, 2.75) is 27.2 Å². The lowest BCUT2D eigenvalue weighted by Gasteiger charge is -2.27. The lowest BCUT2D eigenvalue weighted by atomic mass is 9.99. The van der Waals surface area contributed by atoms with E-state index in [0.29, 0.717) is 11.3 Å². The van der Waals surface area contributed by atoms with E-state index in [-0.39, 0.29) is 5.57 Å². The molecule has 32 heavy (non-hydrogen) atoms. The van der Waals surface area contributed by atoms with Crippen LogP contribution >= 0.6 is 0 Å². The SMILES string of the molecule is Cc1cc(C)cc(Cc2ccc(/C=C3\C(=O)NC(=O)N(c4ccccc4C)C3=O)cc2)c1. The molecule has 0 aromatic heterocycles. The highest BCUT2D eigenvalue weighted by molar-refractivity contribution is 6.39. The van der Waals surface area contributed by atoms with Crippen molar-refractivity contribution in [3.05, 3.63) is 106 Å². The molecule has 4 amide bonds. The molecule has 1 aliphatic heterocycles. The fraction of sp³-hybridized carbons (Fsp3) is 0.148. The lowest BCUT2D eigenvalue weighted by Crippen LogP contribution is -2.54. The number of nitrogens with zero attached hydrogens (tertiary/aromatic N) is 1. The normalized spacial score (nSPS) is 15.3. The first kappa shape index (κ1) is 21.2. The standard InChI is InChI=1S/C27H24N2O3/c1-17-12-18(2)14-22(13-17)15-20-8-10-21(11-9-20)16-23-25(30)28-27(32)29(26(23)31)24-7-5-4-6-19(24)3/h4-14,16H,15H2,1-3H3,(H,28,30,32)/b23-16+. The molecule has 0 atom stereocenters. The Morgan fingerprint density at radius 3 is 2.12 bits per heavy atom. The highest BCUT2D eigenvalue weighted by atomic mass is 16.2. The van der Waals surface area contributed by atoms with Crippen LogP contribution in [0.25, 0.3) is 6.08 Å². The molecule has 1 saturated heterocycles. The summed E-state index contributed by atoms with van der Waals surface area (Å²) in [4.78, 5) is 38.8. The summed E-state index contributed by atoms with van der Waals surface area (Å²) in [5.41, 5.74) is 6.70. The molecule has 5 heteroatoms. The van der Waals surface area contributed by atoms with Gasteiger partial charge >= 0.3 is 6.03 Å². The molecule has 1 fully saturated rings. The molecule has 0 unspecified atom stereocenters. The van der Waals surface area contributed by atoms with Crippen molar-refractivity contribution in [3.8, 4) is 0 Å². The molecular weight excluding hydrogens is 400 g/mol. The molecule has 0 aliphatic carbocycles. The Balaban J connectivity index is 1.59. The van der Waals surface area contributed by atoms with E-state index < -0.39 is 17.8 Å². The van der Waals surface area contributed by atoms with Gasteiger partial charge in [-0.3, -0.25) is 14.9 Å². The predicted octanol–water partition coefficient (Wildman–Crippen LogP) is 4.87. The summed E-state index contributed by atoms with van der Waals surface area (Å²) in [6, 6.07) is 20.5. The molecule has 5 nitrogen and oxygen atoms in total. The van der Waals surface area contributed by atoms with Crippen LogP contribution in [0.3, 0.4) is 0 Å². The van der Waals surface area contributed by atoms with E-state index in [0.717, 1.165) is 22.4 Å². The summed E-state index contributed by atoms with van der Waals surface area (Å²) in [5.74, 6) is -1.32. The number of carbonyl (C=O) groups is 3. The van der Waals surface area contributed by atoms with E-state index in [2.05, 4.69) is 37.4 Å². The van der Waals surface area contributed by atoms with Crippen molar-refractivity contribution in [2.75, 3.05) is 4.90 Å². The van der Waals surface area contributed by atoms with E-state index in [1.165, 1.54) is 22.8 Å². The average Bonchev–Trinajstić information content (AvgIpc) is 2.73. The number of hydrogen-bond donors (Lipinski definition) is 1. The van der Waals surface area contributed by atoms with Crippen molar-refractivity contribution in [1.29, 1.82) is 0 Å². The third kappa shape index (κ3) is 4.37. The first-order valence-electron chi connectivity index (χ1n) is 10.4. The molecule has 0 saturated carbocycles. The number of para-hydroxylation sites is 1. The number of carbonyl (C=O) groups excluding carboxylic acids is 3. The van der Waals surface area contributed by atoms with Gasteiger partial charge < -0.3 is 0 Å². The molecule has 4 rings (SSSR count). The van der Waals surface area contributed by atoms with E-state index in [1.54, 1.807) is 12.1 Å². The zero-order chi connectivity index (χ0) is 22.8. The number of barbiturate groups is 1. The number of nitrogens with one attached hydrogen (secondary N) is 1. The Kier molecular flexibility index (Phi) is 5.73. The van der Waals surface area contributed by atoms with Gasteiger partial charge in [0.25, 0.3) is 11.8 Å². The van der Waals surface area contributed by atoms with Crippen LogP contribution in [0.1, 0.15) is 33.4 Å². The molecule has 0 bridgehead atoms. The van der Waals surface area contributed by atoms with Gasteiger partial charge in [-0.15, -0.1) is 0 Å². The van der Waals surface area contributed by atoms with Crippen molar-refractivity contribution < 1.29 is 14.4 Å². The second-order valence-electron chi connectivity index (χ2n) is 8.16. The van der Waals surface area contributed by atoms with E-state index in [1.807, 2.05) is 43.3 Å². The molecule has 0 radical (unpaired) electrons. The highest BCUT2D eigenvalue weighted by Crippen LogP contribution is 2.25. The van der Waals surface area contributed by atoms with Gasteiger partial charge in [-0.1, -0.05) is 71.8 Å². The second-order valence-corrected chi connectivity index (χ2v) is 8.16. The first-order valence-corrected chi connectivity index (χ1v) is 10.4. The first-order chi connectivity index (χ1) is 15.3. The number of urea groups is 1. The van der Waals surface area contributed by atoms with Crippen LogP contribution in [0.15, 0.2) is 72.3 Å². The van der Waals surface area contributed by atoms with Crippen LogP contribution in [0.2, 0.25) is 0 Å².